The molecule has 0 aliphatic carbocycles. The highest BCUT2D eigenvalue weighted by Crippen LogP contribution is 2.21. The largest absolute Gasteiger partial charge is 0.337 e. The van der Waals surface area contributed by atoms with Crippen molar-refractivity contribution in [3.63, 3.8) is 0 Å². The first kappa shape index (κ1) is 14.0. The van der Waals surface area contributed by atoms with Crippen molar-refractivity contribution in [2.75, 3.05) is 0 Å². The lowest BCUT2D eigenvalue weighted by Gasteiger charge is -1.99. The Morgan fingerprint density at radius 3 is 2.88 bits per heavy atom. The molecule has 6 heteroatoms. The number of rotatable bonds is 3. The molecule has 2 aromatic rings. The summed E-state index contributed by atoms with van der Waals surface area (Å²) in [6, 6.07) is 7.09. The quantitative estimate of drug-likeness (QED) is 0.933. The van der Waals surface area contributed by atoms with Gasteiger partial charge in [0.05, 0.1) is 6.04 Å². The second kappa shape index (κ2) is 6.00. The lowest BCUT2D eigenvalue weighted by atomic mass is 10.2. The lowest BCUT2D eigenvalue weighted by Crippen LogP contribution is -2.08. The molecule has 0 saturated carbocycles. The minimum atomic E-state index is -0.208. The Morgan fingerprint density at radius 1 is 1.47 bits per heavy atom. The van der Waals surface area contributed by atoms with Crippen molar-refractivity contribution in [1.82, 2.24) is 10.1 Å². The summed E-state index contributed by atoms with van der Waals surface area (Å²) in [5.41, 5.74) is 6.62. The van der Waals surface area contributed by atoms with E-state index in [4.69, 9.17) is 21.9 Å². The van der Waals surface area contributed by atoms with Gasteiger partial charge in [0.1, 0.15) is 0 Å². The van der Waals surface area contributed by atoms with E-state index in [1.165, 1.54) is 0 Å². The van der Waals surface area contributed by atoms with Crippen LogP contribution in [0.1, 0.15) is 25.3 Å². The van der Waals surface area contributed by atoms with Crippen molar-refractivity contribution >= 4 is 24.0 Å². The molecule has 2 rings (SSSR count). The Labute approximate surface area is 111 Å². The molecule has 0 amide bonds. The summed E-state index contributed by atoms with van der Waals surface area (Å²) in [6.07, 6.45) is 0.761. The summed E-state index contributed by atoms with van der Waals surface area (Å²) in [7, 11) is 0. The molecular formula is C11H13Cl2N3O. The fourth-order valence-electron chi connectivity index (χ4n) is 1.31. The monoisotopic (exact) mass is 273 g/mol. The van der Waals surface area contributed by atoms with Gasteiger partial charge < -0.3 is 10.3 Å². The van der Waals surface area contributed by atoms with Crippen LogP contribution in [0.2, 0.25) is 5.02 Å². The summed E-state index contributed by atoms with van der Waals surface area (Å²) < 4.78 is 5.08. The van der Waals surface area contributed by atoms with Crippen LogP contribution in [-0.4, -0.2) is 10.1 Å². The van der Waals surface area contributed by atoms with Crippen LogP contribution in [0.25, 0.3) is 11.4 Å². The summed E-state index contributed by atoms with van der Waals surface area (Å²) in [6.45, 7) is 1.97. The predicted octanol–water partition coefficient (Wildman–Crippen LogP) is 3.22. The van der Waals surface area contributed by atoms with E-state index in [0.29, 0.717) is 16.7 Å². The fraction of sp³-hybridized carbons (Fsp3) is 0.273. The summed E-state index contributed by atoms with van der Waals surface area (Å²) >= 11 is 5.88. The first-order valence-corrected chi connectivity index (χ1v) is 5.43. The van der Waals surface area contributed by atoms with Crippen molar-refractivity contribution in [1.29, 1.82) is 0 Å². The third kappa shape index (κ3) is 3.19. The summed E-state index contributed by atoms with van der Waals surface area (Å²) in [5, 5.41) is 4.51. The molecule has 0 fully saturated rings. The van der Waals surface area contributed by atoms with Gasteiger partial charge in [-0.15, -0.1) is 12.4 Å². The molecule has 0 spiro atoms. The van der Waals surface area contributed by atoms with E-state index in [1.54, 1.807) is 12.1 Å². The number of aromatic nitrogens is 2. The second-order valence-corrected chi connectivity index (χ2v) is 3.92. The highest BCUT2D eigenvalue weighted by molar-refractivity contribution is 6.30. The first-order valence-electron chi connectivity index (χ1n) is 5.06. The summed E-state index contributed by atoms with van der Waals surface area (Å²) in [4.78, 5) is 4.23. The van der Waals surface area contributed by atoms with Crippen molar-refractivity contribution < 1.29 is 4.52 Å². The number of nitrogens with zero attached hydrogens (tertiary/aromatic N) is 2. The zero-order valence-corrected chi connectivity index (χ0v) is 10.8. The average Bonchev–Trinajstić information content (AvgIpc) is 2.77. The van der Waals surface area contributed by atoms with Gasteiger partial charge in [0.25, 0.3) is 0 Å². The summed E-state index contributed by atoms with van der Waals surface area (Å²) in [5.74, 6) is 0.971. The maximum Gasteiger partial charge on any atom is 0.243 e. The van der Waals surface area contributed by atoms with Crippen molar-refractivity contribution in [3.05, 3.63) is 35.2 Å². The van der Waals surface area contributed by atoms with E-state index in [1.807, 2.05) is 19.1 Å². The topological polar surface area (TPSA) is 64.9 Å². The molecule has 92 valence electrons. The average molecular weight is 274 g/mol. The van der Waals surface area contributed by atoms with Gasteiger partial charge in [0, 0.05) is 10.6 Å². The molecule has 1 atom stereocenters. The molecule has 0 bridgehead atoms. The van der Waals surface area contributed by atoms with Gasteiger partial charge in [-0.1, -0.05) is 35.8 Å². The van der Waals surface area contributed by atoms with Crippen LogP contribution in [0, 0.1) is 0 Å². The molecule has 1 aromatic heterocycles. The fourth-order valence-corrected chi connectivity index (χ4v) is 1.50. The zero-order valence-electron chi connectivity index (χ0n) is 9.26. The standard InChI is InChI=1S/C11H12ClN3O.ClH/c1-2-9(13)11-14-10(15-16-11)7-4-3-5-8(12)6-7;/h3-6,9H,2,13H2,1H3;1H/t9-;/m0./s1. The van der Waals surface area contributed by atoms with Crippen molar-refractivity contribution in [3.8, 4) is 11.4 Å². The Kier molecular flexibility index (Phi) is 4.93. The van der Waals surface area contributed by atoms with Gasteiger partial charge in [-0.2, -0.15) is 4.98 Å². The van der Waals surface area contributed by atoms with Crippen LogP contribution in [0.15, 0.2) is 28.8 Å². The number of hydrogen-bond acceptors (Lipinski definition) is 4. The molecule has 0 unspecified atom stereocenters. The molecular weight excluding hydrogens is 261 g/mol. The molecule has 1 heterocycles. The number of hydrogen-bond donors (Lipinski definition) is 1. The maximum atomic E-state index is 5.88. The van der Waals surface area contributed by atoms with Gasteiger partial charge in [0.2, 0.25) is 11.7 Å². The van der Waals surface area contributed by atoms with E-state index in [9.17, 15) is 0 Å². The van der Waals surface area contributed by atoms with E-state index in [2.05, 4.69) is 10.1 Å². The highest BCUT2D eigenvalue weighted by Gasteiger charge is 2.13. The van der Waals surface area contributed by atoms with E-state index >= 15 is 0 Å². The first-order chi connectivity index (χ1) is 7.70. The molecule has 2 N–H and O–H groups in total. The predicted molar refractivity (Wildman–Crippen MR) is 69.2 cm³/mol. The minimum absolute atomic E-state index is 0. The molecule has 0 saturated heterocycles. The second-order valence-electron chi connectivity index (χ2n) is 3.48. The van der Waals surface area contributed by atoms with Crippen LogP contribution < -0.4 is 5.73 Å². The van der Waals surface area contributed by atoms with Gasteiger partial charge >= 0.3 is 0 Å². The zero-order chi connectivity index (χ0) is 11.5. The minimum Gasteiger partial charge on any atom is -0.337 e. The number of nitrogens with two attached hydrogens (primary N) is 1. The normalized spacial score (nSPS) is 11.9. The van der Waals surface area contributed by atoms with E-state index in [0.717, 1.165) is 12.0 Å². The third-order valence-corrected chi connectivity index (χ3v) is 2.52. The highest BCUT2D eigenvalue weighted by atomic mass is 35.5. The SMILES string of the molecule is CC[C@H](N)c1nc(-c2cccc(Cl)c2)no1.Cl. The van der Waals surface area contributed by atoms with Crippen LogP contribution in [0.4, 0.5) is 0 Å². The maximum absolute atomic E-state index is 5.88. The van der Waals surface area contributed by atoms with Crippen LogP contribution in [0.5, 0.6) is 0 Å². The lowest BCUT2D eigenvalue weighted by molar-refractivity contribution is 0.352. The molecule has 1 aromatic carbocycles. The number of halogens is 2. The van der Waals surface area contributed by atoms with Gasteiger partial charge in [-0.05, 0) is 18.6 Å². The molecule has 0 aliphatic heterocycles. The third-order valence-electron chi connectivity index (χ3n) is 2.28. The van der Waals surface area contributed by atoms with Crippen LogP contribution >= 0.6 is 24.0 Å². The number of benzene rings is 1. The molecule has 4 nitrogen and oxygen atoms in total. The van der Waals surface area contributed by atoms with Gasteiger partial charge in [-0.25, -0.2) is 0 Å². The molecule has 0 radical (unpaired) electrons. The van der Waals surface area contributed by atoms with E-state index < -0.39 is 0 Å². The Hall–Kier alpha value is -1.10. The van der Waals surface area contributed by atoms with Gasteiger partial charge in [0.15, 0.2) is 0 Å². The van der Waals surface area contributed by atoms with Gasteiger partial charge in [-0.3, -0.25) is 0 Å². The van der Waals surface area contributed by atoms with Crippen molar-refractivity contribution in [2.45, 2.75) is 19.4 Å². The van der Waals surface area contributed by atoms with Crippen molar-refractivity contribution in [2.24, 2.45) is 5.73 Å². The Balaban J connectivity index is 0.00000144. The molecule has 17 heavy (non-hydrogen) atoms. The van der Waals surface area contributed by atoms with Crippen LogP contribution in [-0.2, 0) is 0 Å². The Morgan fingerprint density at radius 2 is 2.24 bits per heavy atom. The Bertz CT molecular complexity index is 487. The smallest absolute Gasteiger partial charge is 0.243 e. The van der Waals surface area contributed by atoms with Crippen LogP contribution in [0.3, 0.4) is 0 Å². The molecule has 0 aliphatic rings. The van der Waals surface area contributed by atoms with E-state index in [-0.39, 0.29) is 18.4 Å².